The summed E-state index contributed by atoms with van der Waals surface area (Å²) in [6.45, 7) is 18.1. The molecule has 4 spiro atoms. The van der Waals surface area contributed by atoms with Gasteiger partial charge in [0.15, 0.2) is 11.6 Å². The number of aliphatic hydroxyl groups is 6. The van der Waals surface area contributed by atoms with Crippen molar-refractivity contribution in [2.45, 2.75) is 227 Å². The molecule has 10 fully saturated rings. The first kappa shape index (κ1) is 48.5. The number of aliphatic hydroxyl groups excluding tert-OH is 2. The Bertz CT molecular complexity index is 2520. The molecule has 24 atom stereocenters. The van der Waals surface area contributed by atoms with Gasteiger partial charge in [-0.1, -0.05) is 25.0 Å². The topological polar surface area (TPSA) is 258 Å². The lowest BCUT2D eigenvalue weighted by Crippen LogP contribution is -2.73. The number of epoxide rings is 4. The average molecular weight is 1000 g/mol. The smallest absolute Gasteiger partial charge is 0.334 e. The van der Waals surface area contributed by atoms with Crippen molar-refractivity contribution in [1.82, 2.24) is 0 Å². The van der Waals surface area contributed by atoms with Crippen molar-refractivity contribution in [3.63, 3.8) is 0 Å². The van der Waals surface area contributed by atoms with Crippen molar-refractivity contribution in [3.05, 3.63) is 46.6 Å². The zero-order valence-corrected chi connectivity index (χ0v) is 43.1. The molecule has 8 aliphatic carbocycles. The second kappa shape index (κ2) is 13.7. The monoisotopic (exact) mass is 1000 g/mol. The van der Waals surface area contributed by atoms with Crippen LogP contribution in [0, 0.1) is 45.3 Å². The normalized spacial score (nSPS) is 58.1. The standard InChI is InChI=1S/2C28H36O8/c2*1-13-10-20(34-22(31)14(13)2)25(5,32)26(33)12-21-27(36-21)16-11-18(30)28-19(35-28)7-6-17(29)24(28,4)15(16)8-9-23(26,27)3/h2*6-7,15-16,18-21,30,32-33H,8-12H2,1-5H3. The first-order chi connectivity index (χ1) is 33.4. The molecule has 16 nitrogen and oxygen atoms in total. The van der Waals surface area contributed by atoms with Gasteiger partial charge in [0.25, 0.3) is 0 Å². The number of ether oxygens (including phenoxy) is 6. The SMILES string of the molecule is CC1=C(C)C(=O)OC(C(C)(O)C2(O)CC3OC34C3CC(O)C56OC5C=CC(=O)C6(C)C3CCC42C)C1.CC1=C(C)C(=O)OC(C(C)(O)C2(O)CC3OC34C3CC(O)C56OC5C=CC(=O)C6(C)C3CCC42C)C1. The summed E-state index contributed by atoms with van der Waals surface area (Å²) >= 11 is 0. The Labute approximate surface area is 419 Å². The van der Waals surface area contributed by atoms with Crippen molar-refractivity contribution in [1.29, 1.82) is 0 Å². The molecule has 24 unspecified atom stereocenters. The van der Waals surface area contributed by atoms with E-state index in [1.54, 1.807) is 52.0 Å². The fourth-order valence-corrected chi connectivity index (χ4v) is 19.7. The van der Waals surface area contributed by atoms with Crippen molar-refractivity contribution in [2.24, 2.45) is 45.3 Å². The molecule has 0 amide bonds. The van der Waals surface area contributed by atoms with Crippen LogP contribution in [0.25, 0.3) is 0 Å². The van der Waals surface area contributed by atoms with E-state index < -0.39 is 103 Å². The van der Waals surface area contributed by atoms with E-state index >= 15 is 0 Å². The molecule has 16 heteroatoms. The molecule has 0 radical (unpaired) electrons. The molecular weight excluding hydrogens is 929 g/mol. The van der Waals surface area contributed by atoms with Crippen LogP contribution in [0.3, 0.4) is 0 Å². The maximum absolute atomic E-state index is 13.4. The molecule has 0 aromatic carbocycles. The van der Waals surface area contributed by atoms with Gasteiger partial charge in [-0.2, -0.15) is 0 Å². The lowest BCUT2D eigenvalue weighted by molar-refractivity contribution is -0.276. The highest BCUT2D eigenvalue weighted by Crippen LogP contribution is 2.82. The Kier molecular flexibility index (Phi) is 9.21. The molecule has 4 saturated heterocycles. The van der Waals surface area contributed by atoms with Crippen LogP contribution in [-0.2, 0) is 47.6 Å². The number of cyclic esters (lactones) is 2. The third kappa shape index (κ3) is 4.83. The minimum absolute atomic E-state index is 0.0193. The van der Waals surface area contributed by atoms with Gasteiger partial charge in [-0.3, -0.25) is 9.59 Å². The third-order valence-electron chi connectivity index (χ3n) is 24.6. The lowest BCUT2D eigenvalue weighted by atomic mass is 9.42. The Balaban J connectivity index is 0.000000140. The van der Waals surface area contributed by atoms with Crippen LogP contribution in [0.4, 0.5) is 0 Å². The van der Waals surface area contributed by atoms with Gasteiger partial charge in [0.2, 0.25) is 0 Å². The van der Waals surface area contributed by atoms with Gasteiger partial charge in [-0.15, -0.1) is 0 Å². The summed E-state index contributed by atoms with van der Waals surface area (Å²) in [6.07, 6.45) is 6.53. The third-order valence-corrected chi connectivity index (χ3v) is 24.6. The molecule has 14 rings (SSSR count). The summed E-state index contributed by atoms with van der Waals surface area (Å²) in [5.74, 6) is -1.46. The number of esters is 2. The van der Waals surface area contributed by atoms with E-state index in [9.17, 15) is 49.8 Å². The van der Waals surface area contributed by atoms with Crippen molar-refractivity contribution in [2.75, 3.05) is 0 Å². The van der Waals surface area contributed by atoms with Crippen molar-refractivity contribution in [3.8, 4) is 0 Å². The van der Waals surface area contributed by atoms with Crippen LogP contribution in [-0.4, -0.2) is 148 Å². The quantitative estimate of drug-likeness (QED) is 0.174. The van der Waals surface area contributed by atoms with E-state index in [1.807, 2.05) is 41.5 Å². The second-order valence-corrected chi connectivity index (χ2v) is 26.4. The molecule has 0 aromatic rings. The second-order valence-electron chi connectivity index (χ2n) is 26.4. The Morgan fingerprint density at radius 2 is 0.917 bits per heavy atom. The summed E-state index contributed by atoms with van der Waals surface area (Å²) in [6, 6.07) is 0. The predicted molar refractivity (Wildman–Crippen MR) is 251 cm³/mol. The highest BCUT2D eigenvalue weighted by molar-refractivity contribution is 5.99. The van der Waals surface area contributed by atoms with Crippen LogP contribution in [0.5, 0.6) is 0 Å². The fraction of sp³-hybridized carbons (Fsp3) is 0.786. The zero-order chi connectivity index (χ0) is 51.7. The molecule has 0 aromatic heterocycles. The average Bonchev–Trinajstić information content (AvgIpc) is 4.20. The lowest BCUT2D eigenvalue weighted by Gasteiger charge is -2.62. The highest BCUT2D eigenvalue weighted by Gasteiger charge is 2.92. The van der Waals surface area contributed by atoms with E-state index in [1.165, 1.54) is 0 Å². The summed E-state index contributed by atoms with van der Waals surface area (Å²) in [5.41, 5.74) is -10.6. The van der Waals surface area contributed by atoms with Gasteiger partial charge in [-0.25, -0.2) is 9.59 Å². The van der Waals surface area contributed by atoms with Crippen LogP contribution in [0.2, 0.25) is 0 Å². The Morgan fingerprint density at radius 1 is 0.556 bits per heavy atom. The van der Waals surface area contributed by atoms with E-state index in [0.29, 0.717) is 62.5 Å². The molecular formula is C56H72O16. The molecule has 6 saturated carbocycles. The molecule has 392 valence electrons. The molecule has 6 aliphatic heterocycles. The van der Waals surface area contributed by atoms with Crippen LogP contribution < -0.4 is 0 Å². The molecule has 14 aliphatic rings. The van der Waals surface area contributed by atoms with Crippen molar-refractivity contribution < 1.29 is 78.2 Å². The molecule has 6 N–H and O–H groups in total. The minimum atomic E-state index is -1.72. The number of rotatable bonds is 4. The summed E-state index contributed by atoms with van der Waals surface area (Å²) < 4.78 is 36.3. The van der Waals surface area contributed by atoms with Gasteiger partial charge >= 0.3 is 11.9 Å². The van der Waals surface area contributed by atoms with Gasteiger partial charge in [0, 0.05) is 47.7 Å². The largest absolute Gasteiger partial charge is 0.455 e. The van der Waals surface area contributed by atoms with Gasteiger partial charge in [-0.05, 0) is 142 Å². The maximum Gasteiger partial charge on any atom is 0.334 e. The summed E-state index contributed by atoms with van der Waals surface area (Å²) in [7, 11) is 0. The van der Waals surface area contributed by atoms with Gasteiger partial charge in [0.05, 0.1) is 35.2 Å². The number of hydrogen-bond acceptors (Lipinski definition) is 16. The van der Waals surface area contributed by atoms with E-state index in [2.05, 4.69) is 0 Å². The van der Waals surface area contributed by atoms with Crippen molar-refractivity contribution >= 4 is 23.5 Å². The molecule has 0 bridgehead atoms. The first-order valence-corrected chi connectivity index (χ1v) is 26.6. The van der Waals surface area contributed by atoms with E-state index in [4.69, 9.17) is 28.4 Å². The molecule has 6 heterocycles. The van der Waals surface area contributed by atoms with Crippen LogP contribution in [0.15, 0.2) is 46.6 Å². The number of allylic oxidation sites excluding steroid dienone is 2. The van der Waals surface area contributed by atoms with Gasteiger partial charge in [0.1, 0.15) is 69.2 Å². The van der Waals surface area contributed by atoms with Crippen LogP contribution in [0.1, 0.15) is 133 Å². The first-order valence-electron chi connectivity index (χ1n) is 26.6. The van der Waals surface area contributed by atoms with E-state index in [-0.39, 0.29) is 72.5 Å². The van der Waals surface area contributed by atoms with E-state index in [0.717, 1.165) is 11.1 Å². The number of carbonyl (C=O) groups excluding carboxylic acids is 4. The number of carbonyl (C=O) groups is 4. The molecule has 72 heavy (non-hydrogen) atoms. The Hall–Kier alpha value is -3.16. The predicted octanol–water partition coefficient (Wildman–Crippen LogP) is 3.48. The number of fused-ring (bicyclic) bond motifs is 4. The number of ketones is 2. The minimum Gasteiger partial charge on any atom is -0.455 e. The fourth-order valence-electron chi connectivity index (χ4n) is 19.7. The Morgan fingerprint density at radius 3 is 1.26 bits per heavy atom. The van der Waals surface area contributed by atoms with Crippen LogP contribution >= 0.6 is 0 Å². The highest BCUT2D eigenvalue weighted by atomic mass is 16.6. The zero-order valence-electron chi connectivity index (χ0n) is 43.1. The summed E-state index contributed by atoms with van der Waals surface area (Å²) in [4.78, 5) is 51.8. The maximum atomic E-state index is 13.4. The summed E-state index contributed by atoms with van der Waals surface area (Å²) in [5, 5.41) is 71.6. The number of hydrogen-bond donors (Lipinski definition) is 6. The van der Waals surface area contributed by atoms with Gasteiger partial charge < -0.3 is 59.1 Å².